The molecule has 0 heterocycles. The number of hydrogen-bond acceptors (Lipinski definition) is 1. The van der Waals surface area contributed by atoms with Crippen molar-refractivity contribution < 1.29 is 18.4 Å². The first kappa shape index (κ1) is 8.72. The molecule has 2 heteroatoms. The van der Waals surface area contributed by atoms with E-state index in [2.05, 4.69) is 24.3 Å². The van der Waals surface area contributed by atoms with E-state index in [9.17, 15) is 4.79 Å². The maximum atomic E-state index is 11.0. The molecule has 2 aliphatic rings. The van der Waals surface area contributed by atoms with Crippen LogP contribution in [0.5, 0.6) is 0 Å². The molecular formula is C11H11CoO. The van der Waals surface area contributed by atoms with Gasteiger partial charge in [0.25, 0.3) is 0 Å². The Bertz CT molecular complexity index is 304. The van der Waals surface area contributed by atoms with Crippen LogP contribution in [0.15, 0.2) is 45.5 Å². The summed E-state index contributed by atoms with van der Waals surface area (Å²) in [4.78, 5) is 11.0. The SMILES string of the molecule is O=[CH][Co]([C]1=CC=CC1)[C]1=CC=CC1. The van der Waals surface area contributed by atoms with E-state index in [1.165, 1.54) is 9.02 Å². The van der Waals surface area contributed by atoms with E-state index in [1.54, 1.807) is 0 Å². The van der Waals surface area contributed by atoms with Crippen LogP contribution in [0.4, 0.5) is 0 Å². The Morgan fingerprint density at radius 1 is 1.08 bits per heavy atom. The van der Waals surface area contributed by atoms with Crippen LogP contribution in [0, 0.1) is 0 Å². The van der Waals surface area contributed by atoms with Crippen LogP contribution < -0.4 is 0 Å². The van der Waals surface area contributed by atoms with Gasteiger partial charge in [-0.25, -0.2) is 0 Å². The summed E-state index contributed by atoms with van der Waals surface area (Å²) in [6, 6.07) is 0. The maximum absolute atomic E-state index is 11.0. The Morgan fingerprint density at radius 3 is 1.92 bits per heavy atom. The van der Waals surface area contributed by atoms with Gasteiger partial charge in [-0.15, -0.1) is 0 Å². The van der Waals surface area contributed by atoms with E-state index in [1.807, 2.05) is 12.2 Å². The van der Waals surface area contributed by atoms with Gasteiger partial charge in [0.1, 0.15) is 0 Å². The fourth-order valence-electron chi connectivity index (χ4n) is 1.33. The molecule has 0 atom stereocenters. The van der Waals surface area contributed by atoms with Gasteiger partial charge < -0.3 is 0 Å². The van der Waals surface area contributed by atoms with Crippen molar-refractivity contribution in [2.24, 2.45) is 0 Å². The average molecular weight is 218 g/mol. The fraction of sp³-hybridized carbons (Fsp3) is 0.182. The van der Waals surface area contributed by atoms with Gasteiger partial charge in [0.2, 0.25) is 0 Å². The second kappa shape index (κ2) is 3.90. The van der Waals surface area contributed by atoms with Gasteiger partial charge >= 0.3 is 82.0 Å². The van der Waals surface area contributed by atoms with Crippen LogP contribution >= 0.6 is 0 Å². The molecule has 0 fully saturated rings. The molecule has 0 saturated heterocycles. The van der Waals surface area contributed by atoms with E-state index < -0.39 is 13.7 Å². The third kappa shape index (κ3) is 1.74. The summed E-state index contributed by atoms with van der Waals surface area (Å²) in [5.41, 5.74) is 0. The molecule has 13 heavy (non-hydrogen) atoms. The van der Waals surface area contributed by atoms with E-state index in [-0.39, 0.29) is 0 Å². The summed E-state index contributed by atoms with van der Waals surface area (Å²) in [5.74, 6) is 0. The van der Waals surface area contributed by atoms with Crippen LogP contribution in [-0.2, 0) is 18.4 Å². The van der Waals surface area contributed by atoms with Crippen molar-refractivity contribution >= 4 is 5.22 Å². The van der Waals surface area contributed by atoms with E-state index in [0.717, 1.165) is 18.1 Å². The molecule has 70 valence electrons. The zero-order valence-electron chi connectivity index (χ0n) is 7.20. The summed E-state index contributed by atoms with van der Waals surface area (Å²) in [7, 11) is 0. The van der Waals surface area contributed by atoms with Gasteiger partial charge in [-0.05, 0) is 0 Å². The Labute approximate surface area is 82.3 Å². The zero-order chi connectivity index (χ0) is 9.10. The minimum absolute atomic E-state index is 0.620. The average Bonchev–Trinajstić information content (AvgIpc) is 2.76. The Hall–Kier alpha value is -0.864. The van der Waals surface area contributed by atoms with E-state index in [4.69, 9.17) is 0 Å². The van der Waals surface area contributed by atoms with Crippen LogP contribution in [0.25, 0.3) is 0 Å². The molecule has 0 spiro atoms. The summed E-state index contributed by atoms with van der Waals surface area (Å²) < 4.78 is 2.58. The molecule has 0 aromatic rings. The van der Waals surface area contributed by atoms with Gasteiger partial charge in [-0.3, -0.25) is 0 Å². The molecule has 0 radical (unpaired) electrons. The van der Waals surface area contributed by atoms with Gasteiger partial charge in [-0.2, -0.15) is 0 Å². The molecule has 0 aromatic heterocycles. The number of carbonyl (C=O) groups excluding carboxylic acids is 1. The standard InChI is InChI=1S/2C5H5.CHO.Co/c2*1-2-4-5-3-1;1-2;/h2*1-3H,4H2;1H;. The number of rotatable bonds is 3. The first-order valence-corrected chi connectivity index (χ1v) is 5.84. The first-order chi connectivity index (χ1) is 6.42. The number of allylic oxidation sites excluding steroid dienone is 8. The van der Waals surface area contributed by atoms with E-state index in [0.29, 0.717) is 0 Å². The monoisotopic (exact) mass is 218 g/mol. The predicted octanol–water partition coefficient (Wildman–Crippen LogP) is 2.48. The third-order valence-corrected chi connectivity index (χ3v) is 4.42. The molecule has 0 amide bonds. The molecule has 1 nitrogen and oxygen atoms in total. The fourth-order valence-corrected chi connectivity index (χ4v) is 3.35. The number of carbonyl (C=O) groups is 1. The van der Waals surface area contributed by atoms with Crippen molar-refractivity contribution in [3.05, 3.63) is 45.5 Å². The topological polar surface area (TPSA) is 17.1 Å². The first-order valence-electron chi connectivity index (χ1n) is 4.20. The Kier molecular flexibility index (Phi) is 2.61. The molecule has 0 unspecified atom stereocenters. The molecule has 0 saturated carbocycles. The van der Waals surface area contributed by atoms with Gasteiger partial charge in [0.15, 0.2) is 0 Å². The summed E-state index contributed by atoms with van der Waals surface area (Å²) in [5, 5.41) is 1.12. The van der Waals surface area contributed by atoms with Crippen molar-refractivity contribution in [1.82, 2.24) is 0 Å². The molecule has 0 N–H and O–H groups in total. The molecule has 2 aliphatic carbocycles. The minimum atomic E-state index is -0.620. The van der Waals surface area contributed by atoms with Crippen molar-refractivity contribution in [1.29, 1.82) is 0 Å². The van der Waals surface area contributed by atoms with Gasteiger partial charge in [-0.1, -0.05) is 0 Å². The van der Waals surface area contributed by atoms with Gasteiger partial charge in [0, 0.05) is 0 Å². The predicted molar refractivity (Wildman–Crippen MR) is 50.4 cm³/mol. The van der Waals surface area contributed by atoms with Crippen molar-refractivity contribution in [2.75, 3.05) is 0 Å². The Balaban J connectivity index is 2.14. The van der Waals surface area contributed by atoms with Crippen molar-refractivity contribution in [3.63, 3.8) is 0 Å². The zero-order valence-corrected chi connectivity index (χ0v) is 8.24. The third-order valence-electron chi connectivity index (χ3n) is 1.96. The normalized spacial score (nSPS) is 20.2. The number of hydrogen-bond donors (Lipinski definition) is 0. The second-order valence-electron chi connectivity index (χ2n) is 2.79. The molecule has 0 aromatic carbocycles. The molecule has 2 rings (SSSR count). The summed E-state index contributed by atoms with van der Waals surface area (Å²) in [6.45, 7) is 0. The van der Waals surface area contributed by atoms with Crippen LogP contribution in [0.1, 0.15) is 12.8 Å². The molecule has 0 aliphatic heterocycles. The van der Waals surface area contributed by atoms with Crippen molar-refractivity contribution in [2.45, 2.75) is 12.8 Å². The van der Waals surface area contributed by atoms with Crippen LogP contribution in [0.3, 0.4) is 0 Å². The quantitative estimate of drug-likeness (QED) is 0.665. The molecule has 0 bridgehead atoms. The van der Waals surface area contributed by atoms with Crippen molar-refractivity contribution in [3.8, 4) is 0 Å². The Morgan fingerprint density at radius 2 is 1.62 bits per heavy atom. The van der Waals surface area contributed by atoms with Crippen LogP contribution in [0.2, 0.25) is 0 Å². The van der Waals surface area contributed by atoms with E-state index >= 15 is 0 Å². The molecular weight excluding hydrogens is 207 g/mol. The second-order valence-corrected chi connectivity index (χ2v) is 5.23. The summed E-state index contributed by atoms with van der Waals surface area (Å²) in [6.07, 6.45) is 14.4. The van der Waals surface area contributed by atoms with Gasteiger partial charge in [0.05, 0.1) is 0 Å². The summed E-state index contributed by atoms with van der Waals surface area (Å²) >= 11 is -0.620. The van der Waals surface area contributed by atoms with Crippen LogP contribution in [-0.4, -0.2) is 5.22 Å².